The molecule has 0 radical (unpaired) electrons. The summed E-state index contributed by atoms with van der Waals surface area (Å²) in [6, 6.07) is 10.9. The van der Waals surface area contributed by atoms with Crippen molar-refractivity contribution >= 4 is 22.2 Å². The van der Waals surface area contributed by atoms with Crippen LogP contribution < -0.4 is 0 Å². The number of pyridine rings is 1. The van der Waals surface area contributed by atoms with Crippen molar-refractivity contribution in [2.45, 2.75) is 37.8 Å². The third-order valence-electron chi connectivity index (χ3n) is 5.88. The fraction of sp³-hybridized carbons (Fsp3) is 0.409. The summed E-state index contributed by atoms with van der Waals surface area (Å²) < 4.78 is 34.9. The van der Waals surface area contributed by atoms with Gasteiger partial charge in [0, 0.05) is 38.6 Å². The first-order valence-electron chi connectivity index (χ1n) is 10.7. The van der Waals surface area contributed by atoms with Crippen LogP contribution in [0.15, 0.2) is 58.1 Å². The Morgan fingerprint density at radius 1 is 1.12 bits per heavy atom. The molecule has 0 bridgehead atoms. The van der Waals surface area contributed by atoms with Crippen LogP contribution in [0.5, 0.6) is 0 Å². The van der Waals surface area contributed by atoms with Crippen molar-refractivity contribution in [3.63, 3.8) is 0 Å². The summed E-state index contributed by atoms with van der Waals surface area (Å²) in [5.74, 6) is 0.836. The Morgan fingerprint density at radius 2 is 1.84 bits per heavy atom. The van der Waals surface area contributed by atoms with E-state index < -0.39 is 10.0 Å². The molecule has 1 atom stereocenters. The first kappa shape index (κ1) is 22.8. The van der Waals surface area contributed by atoms with Crippen molar-refractivity contribution < 1.29 is 12.8 Å². The number of aromatic nitrogens is 3. The summed E-state index contributed by atoms with van der Waals surface area (Å²) in [6.45, 7) is 6.71. The third kappa shape index (κ3) is 4.83. The van der Waals surface area contributed by atoms with Gasteiger partial charge in [-0.25, -0.2) is 13.1 Å². The van der Waals surface area contributed by atoms with Crippen molar-refractivity contribution in [2.75, 3.05) is 26.2 Å². The van der Waals surface area contributed by atoms with Crippen LogP contribution in [0.4, 0.5) is 0 Å². The lowest BCUT2D eigenvalue weighted by Crippen LogP contribution is -2.48. The van der Waals surface area contributed by atoms with Gasteiger partial charge in [0.25, 0.3) is 4.84 Å². The third-order valence-corrected chi connectivity index (χ3v) is 8.09. The molecule has 0 aliphatic carbocycles. The van der Waals surface area contributed by atoms with Crippen LogP contribution in [0, 0.1) is 4.84 Å². The highest BCUT2D eigenvalue weighted by Crippen LogP contribution is 2.23. The van der Waals surface area contributed by atoms with Gasteiger partial charge in [0.2, 0.25) is 15.9 Å². The van der Waals surface area contributed by atoms with Gasteiger partial charge in [0.15, 0.2) is 0 Å². The van der Waals surface area contributed by atoms with E-state index in [1.54, 1.807) is 33.5 Å². The van der Waals surface area contributed by atoms with Crippen molar-refractivity contribution in [1.29, 1.82) is 0 Å². The highest BCUT2D eigenvalue weighted by atomic mass is 32.2. The minimum atomic E-state index is -3.51. The van der Waals surface area contributed by atoms with E-state index in [0.717, 1.165) is 17.5 Å². The van der Waals surface area contributed by atoms with E-state index in [2.05, 4.69) is 28.8 Å². The molecule has 10 heteroatoms. The SMILES string of the molecule is CCC(C)c1ccc(S(=O)(=O)N2CCN(Cn3nc(-c4cccnc4)oc3=S)CC2)cc1. The summed E-state index contributed by atoms with van der Waals surface area (Å²) in [7, 11) is -3.51. The largest absolute Gasteiger partial charge is 0.409 e. The number of benzene rings is 1. The molecule has 0 N–H and O–H groups in total. The summed E-state index contributed by atoms with van der Waals surface area (Å²) >= 11 is 5.31. The minimum Gasteiger partial charge on any atom is -0.409 e. The zero-order valence-electron chi connectivity index (χ0n) is 18.2. The van der Waals surface area contributed by atoms with Crippen molar-refractivity contribution in [3.05, 3.63) is 59.2 Å². The fourth-order valence-corrected chi connectivity index (χ4v) is 5.26. The number of hydrogen-bond acceptors (Lipinski definition) is 7. The fourth-order valence-electron chi connectivity index (χ4n) is 3.66. The number of rotatable bonds is 7. The summed E-state index contributed by atoms with van der Waals surface area (Å²) in [6.07, 6.45) is 4.38. The molecule has 1 aromatic carbocycles. The van der Waals surface area contributed by atoms with Gasteiger partial charge in [-0.15, -0.1) is 5.10 Å². The zero-order valence-corrected chi connectivity index (χ0v) is 19.8. The van der Waals surface area contributed by atoms with Gasteiger partial charge in [-0.3, -0.25) is 9.88 Å². The van der Waals surface area contributed by atoms with E-state index in [4.69, 9.17) is 16.6 Å². The van der Waals surface area contributed by atoms with E-state index in [1.165, 1.54) is 0 Å². The molecule has 3 aromatic rings. The van der Waals surface area contributed by atoms with Crippen LogP contribution in [0.2, 0.25) is 0 Å². The van der Waals surface area contributed by atoms with Gasteiger partial charge in [-0.05, 0) is 54.4 Å². The second-order valence-electron chi connectivity index (χ2n) is 7.96. The maximum Gasteiger partial charge on any atom is 0.288 e. The smallest absolute Gasteiger partial charge is 0.288 e. The predicted molar refractivity (Wildman–Crippen MR) is 124 cm³/mol. The second-order valence-corrected chi connectivity index (χ2v) is 10.2. The van der Waals surface area contributed by atoms with E-state index in [1.807, 2.05) is 24.3 Å². The lowest BCUT2D eigenvalue weighted by molar-refractivity contribution is 0.143. The molecule has 32 heavy (non-hydrogen) atoms. The number of sulfonamides is 1. The molecule has 0 saturated carbocycles. The topological polar surface area (TPSA) is 84.5 Å². The predicted octanol–water partition coefficient (Wildman–Crippen LogP) is 3.75. The number of nitrogens with zero attached hydrogens (tertiary/aromatic N) is 5. The van der Waals surface area contributed by atoms with Crippen LogP contribution in [-0.2, 0) is 16.7 Å². The maximum atomic E-state index is 13.1. The molecule has 2 aromatic heterocycles. The van der Waals surface area contributed by atoms with Crippen LogP contribution >= 0.6 is 12.2 Å². The Morgan fingerprint density at radius 3 is 2.47 bits per heavy atom. The first-order valence-corrected chi connectivity index (χ1v) is 12.5. The van der Waals surface area contributed by atoms with Crippen molar-refractivity contribution in [2.24, 2.45) is 0 Å². The molecule has 3 heterocycles. The van der Waals surface area contributed by atoms with Crippen molar-refractivity contribution in [1.82, 2.24) is 24.0 Å². The molecule has 8 nitrogen and oxygen atoms in total. The standard InChI is InChI=1S/C22H27N5O3S2/c1-3-17(2)18-6-8-20(9-7-18)32(28,29)26-13-11-25(12-14-26)16-27-22(31)30-21(24-27)19-5-4-10-23-15-19/h4-10,15,17H,3,11-14,16H2,1-2H3. The molecular weight excluding hydrogens is 446 g/mol. The highest BCUT2D eigenvalue weighted by Gasteiger charge is 2.29. The van der Waals surface area contributed by atoms with Gasteiger partial charge in [-0.1, -0.05) is 26.0 Å². The summed E-state index contributed by atoms with van der Waals surface area (Å²) in [4.78, 5) is 6.81. The minimum absolute atomic E-state index is 0.278. The van der Waals surface area contributed by atoms with E-state index in [9.17, 15) is 8.42 Å². The Kier molecular flexibility index (Phi) is 6.85. The molecule has 170 valence electrons. The Bertz CT molecular complexity index is 1200. The van der Waals surface area contributed by atoms with Crippen LogP contribution in [0.3, 0.4) is 0 Å². The van der Waals surface area contributed by atoms with Gasteiger partial charge < -0.3 is 4.42 Å². The molecule has 1 unspecified atom stereocenters. The van der Waals surface area contributed by atoms with Crippen LogP contribution in [0.1, 0.15) is 31.7 Å². The molecular formula is C22H27N5O3S2. The van der Waals surface area contributed by atoms with Gasteiger partial charge in [0.1, 0.15) is 0 Å². The van der Waals surface area contributed by atoms with Gasteiger partial charge in [-0.2, -0.15) is 4.31 Å². The normalized spacial score (nSPS) is 16.8. The molecule has 1 aliphatic heterocycles. The zero-order chi connectivity index (χ0) is 22.7. The van der Waals surface area contributed by atoms with Gasteiger partial charge in [0.05, 0.1) is 17.1 Å². The van der Waals surface area contributed by atoms with E-state index in [-0.39, 0.29) is 4.84 Å². The Labute approximate surface area is 193 Å². The number of hydrogen-bond donors (Lipinski definition) is 0. The average Bonchev–Trinajstić information content (AvgIpc) is 3.19. The summed E-state index contributed by atoms with van der Waals surface area (Å²) in [5, 5.41) is 4.45. The lowest BCUT2D eigenvalue weighted by atomic mass is 9.99. The maximum absolute atomic E-state index is 13.1. The van der Waals surface area contributed by atoms with Gasteiger partial charge >= 0.3 is 0 Å². The second kappa shape index (κ2) is 9.62. The summed E-state index contributed by atoms with van der Waals surface area (Å²) in [5.41, 5.74) is 1.92. The number of piperazine rings is 1. The molecule has 0 amide bonds. The molecule has 1 fully saturated rings. The van der Waals surface area contributed by atoms with Crippen LogP contribution in [-0.4, -0.2) is 58.6 Å². The molecule has 1 saturated heterocycles. The quantitative estimate of drug-likeness (QED) is 0.483. The molecule has 0 spiro atoms. The highest BCUT2D eigenvalue weighted by molar-refractivity contribution is 7.89. The first-order chi connectivity index (χ1) is 15.4. The van der Waals surface area contributed by atoms with E-state index in [0.29, 0.717) is 49.6 Å². The lowest BCUT2D eigenvalue weighted by Gasteiger charge is -2.33. The molecule has 4 rings (SSSR count). The molecule has 1 aliphatic rings. The average molecular weight is 474 g/mol. The van der Waals surface area contributed by atoms with Crippen molar-refractivity contribution in [3.8, 4) is 11.5 Å². The van der Waals surface area contributed by atoms with E-state index >= 15 is 0 Å². The Balaban J connectivity index is 1.39. The van der Waals surface area contributed by atoms with Crippen LogP contribution in [0.25, 0.3) is 11.5 Å². The monoisotopic (exact) mass is 473 g/mol. The Hall–Kier alpha value is -2.40.